The number of H-pyrrole nitrogens is 1. The number of ether oxygens (including phenoxy) is 1. The fraction of sp³-hybridized carbons (Fsp3) is 0.250. The van der Waals surface area contributed by atoms with E-state index in [4.69, 9.17) is 9.73 Å². The van der Waals surface area contributed by atoms with Crippen LogP contribution < -0.4 is 4.74 Å². The Kier molecular flexibility index (Phi) is 6.53. The third kappa shape index (κ3) is 4.86. The van der Waals surface area contributed by atoms with Gasteiger partial charge < -0.3 is 9.72 Å². The summed E-state index contributed by atoms with van der Waals surface area (Å²) in [5, 5.41) is 1.01. The van der Waals surface area contributed by atoms with Crippen LogP contribution in [0.3, 0.4) is 0 Å². The van der Waals surface area contributed by atoms with Crippen molar-refractivity contribution in [1.82, 2.24) is 24.8 Å². The van der Waals surface area contributed by atoms with Gasteiger partial charge in [0, 0.05) is 59.8 Å². The van der Waals surface area contributed by atoms with Crippen molar-refractivity contribution >= 4 is 16.6 Å². The summed E-state index contributed by atoms with van der Waals surface area (Å²) in [6, 6.07) is 15.2. The average molecular weight is 533 g/mol. The van der Waals surface area contributed by atoms with Gasteiger partial charge in [-0.05, 0) is 79.4 Å². The molecule has 5 heterocycles. The van der Waals surface area contributed by atoms with E-state index >= 15 is 0 Å². The van der Waals surface area contributed by atoms with Gasteiger partial charge in [-0.15, -0.1) is 0 Å². The first-order valence-electron chi connectivity index (χ1n) is 13.8. The normalized spacial score (nSPS) is 15.3. The molecule has 7 rings (SSSR count). The number of fused-ring (bicyclic) bond motifs is 2. The van der Waals surface area contributed by atoms with Gasteiger partial charge in [0.2, 0.25) is 0 Å². The summed E-state index contributed by atoms with van der Waals surface area (Å²) in [4.78, 5) is 23.8. The molecule has 2 aromatic carbocycles. The number of nitrogens with zero attached hydrogens (tertiary/aromatic N) is 5. The van der Waals surface area contributed by atoms with E-state index in [2.05, 4.69) is 37.0 Å². The first-order chi connectivity index (χ1) is 19.7. The molecule has 0 amide bonds. The largest absolute Gasteiger partial charge is 0.492 e. The molecular formula is C32H29FN6O. The standard InChI is InChI=1S/C32H29FN6O/c33-24-12-22(13-25(14-24)40-11-10-39-8-1-2-9-39)26-4-3-5-29-28(26)16-31(38-29)32-27-15-30(23-17-34-20-35-18-23)37-19-21(27)6-7-36-32/h3-5,12-20,38H,1-2,6-11H2. The van der Waals surface area contributed by atoms with Gasteiger partial charge in [0.15, 0.2) is 0 Å². The van der Waals surface area contributed by atoms with Crippen LogP contribution in [-0.4, -0.2) is 63.3 Å². The van der Waals surface area contributed by atoms with E-state index in [0.717, 1.165) is 81.9 Å². The minimum absolute atomic E-state index is 0.308. The minimum Gasteiger partial charge on any atom is -0.492 e. The summed E-state index contributed by atoms with van der Waals surface area (Å²) in [5.74, 6) is 0.245. The van der Waals surface area contributed by atoms with Gasteiger partial charge in [0.05, 0.1) is 17.1 Å². The third-order valence-corrected chi connectivity index (χ3v) is 7.73. The molecule has 200 valence electrons. The van der Waals surface area contributed by atoms with Crippen LogP contribution in [0.1, 0.15) is 29.7 Å². The van der Waals surface area contributed by atoms with Crippen LogP contribution >= 0.6 is 0 Å². The average Bonchev–Trinajstić information content (AvgIpc) is 3.67. The zero-order valence-electron chi connectivity index (χ0n) is 22.1. The first kappa shape index (κ1) is 24.6. The summed E-state index contributed by atoms with van der Waals surface area (Å²) < 4.78 is 20.7. The number of aliphatic imine (C=N–C) groups is 1. The molecule has 0 spiro atoms. The lowest BCUT2D eigenvalue weighted by atomic mass is 9.95. The van der Waals surface area contributed by atoms with E-state index in [1.165, 1.54) is 25.2 Å². The molecule has 7 nitrogen and oxygen atoms in total. The van der Waals surface area contributed by atoms with Gasteiger partial charge in [-0.25, -0.2) is 14.4 Å². The summed E-state index contributed by atoms with van der Waals surface area (Å²) in [6.45, 7) is 4.34. The Bertz CT molecular complexity index is 1710. The number of aromatic nitrogens is 4. The molecule has 0 bridgehead atoms. The predicted molar refractivity (Wildman–Crippen MR) is 154 cm³/mol. The maximum absolute atomic E-state index is 14.7. The molecule has 5 aromatic rings. The Balaban J connectivity index is 1.21. The van der Waals surface area contributed by atoms with Crippen molar-refractivity contribution in [3.05, 3.63) is 96.1 Å². The Labute approximate surface area is 231 Å². The van der Waals surface area contributed by atoms with Crippen LogP contribution in [-0.2, 0) is 6.42 Å². The number of pyridine rings is 1. The van der Waals surface area contributed by atoms with E-state index in [1.807, 2.05) is 30.5 Å². The molecule has 0 unspecified atom stereocenters. The van der Waals surface area contributed by atoms with Crippen LogP contribution in [0.25, 0.3) is 33.3 Å². The van der Waals surface area contributed by atoms with Crippen molar-refractivity contribution in [3.8, 4) is 28.1 Å². The second kappa shape index (κ2) is 10.6. The topological polar surface area (TPSA) is 79.3 Å². The molecule has 0 radical (unpaired) electrons. The van der Waals surface area contributed by atoms with E-state index < -0.39 is 0 Å². The molecule has 3 aromatic heterocycles. The lowest BCUT2D eigenvalue weighted by Crippen LogP contribution is -2.25. The van der Waals surface area contributed by atoms with Gasteiger partial charge in [-0.1, -0.05) is 12.1 Å². The van der Waals surface area contributed by atoms with Gasteiger partial charge in [0.25, 0.3) is 0 Å². The quantitative estimate of drug-likeness (QED) is 0.291. The molecule has 0 saturated carbocycles. The Hall–Kier alpha value is -4.43. The maximum Gasteiger partial charge on any atom is 0.127 e. The van der Waals surface area contributed by atoms with E-state index in [-0.39, 0.29) is 5.82 Å². The summed E-state index contributed by atoms with van der Waals surface area (Å²) in [7, 11) is 0. The smallest absolute Gasteiger partial charge is 0.127 e. The van der Waals surface area contributed by atoms with Gasteiger partial charge in [-0.2, -0.15) is 0 Å². The summed E-state index contributed by atoms with van der Waals surface area (Å²) in [6.07, 6.45) is 10.3. The summed E-state index contributed by atoms with van der Waals surface area (Å²) >= 11 is 0. The molecule has 1 N–H and O–H groups in total. The second-order valence-electron chi connectivity index (χ2n) is 10.4. The monoisotopic (exact) mass is 532 g/mol. The van der Waals surface area contributed by atoms with Crippen molar-refractivity contribution in [1.29, 1.82) is 0 Å². The number of aromatic amines is 1. The number of benzene rings is 2. The summed E-state index contributed by atoms with van der Waals surface area (Å²) in [5.41, 5.74) is 8.39. The van der Waals surface area contributed by atoms with Crippen molar-refractivity contribution in [3.63, 3.8) is 0 Å². The van der Waals surface area contributed by atoms with Crippen LogP contribution in [0.2, 0.25) is 0 Å². The molecule has 2 aliphatic heterocycles. The van der Waals surface area contributed by atoms with Crippen molar-refractivity contribution in [2.45, 2.75) is 19.3 Å². The highest BCUT2D eigenvalue weighted by Crippen LogP contribution is 2.34. The Morgan fingerprint density at radius 1 is 0.925 bits per heavy atom. The molecule has 0 aliphatic carbocycles. The van der Waals surface area contributed by atoms with E-state index in [9.17, 15) is 4.39 Å². The molecule has 8 heteroatoms. The fourth-order valence-electron chi connectivity index (χ4n) is 5.73. The number of halogens is 1. The first-order valence-corrected chi connectivity index (χ1v) is 13.8. The molecule has 0 atom stereocenters. The molecular weight excluding hydrogens is 503 g/mol. The number of nitrogens with one attached hydrogen (secondary N) is 1. The highest BCUT2D eigenvalue weighted by Gasteiger charge is 2.20. The Morgan fingerprint density at radius 3 is 2.67 bits per heavy atom. The van der Waals surface area contributed by atoms with E-state index in [1.54, 1.807) is 18.5 Å². The predicted octanol–water partition coefficient (Wildman–Crippen LogP) is 5.69. The molecule has 2 aliphatic rings. The van der Waals surface area contributed by atoms with Gasteiger partial charge in [0.1, 0.15) is 24.5 Å². The van der Waals surface area contributed by atoms with Crippen LogP contribution in [0.5, 0.6) is 5.75 Å². The lowest BCUT2D eigenvalue weighted by molar-refractivity contribution is 0.237. The molecule has 1 fully saturated rings. The van der Waals surface area contributed by atoms with Gasteiger partial charge in [-0.3, -0.25) is 14.9 Å². The van der Waals surface area contributed by atoms with Crippen LogP contribution in [0, 0.1) is 5.82 Å². The van der Waals surface area contributed by atoms with Gasteiger partial charge >= 0.3 is 0 Å². The number of likely N-dealkylation sites (tertiary alicyclic amines) is 1. The number of hydrogen-bond acceptors (Lipinski definition) is 6. The molecule has 40 heavy (non-hydrogen) atoms. The zero-order valence-corrected chi connectivity index (χ0v) is 22.1. The highest BCUT2D eigenvalue weighted by atomic mass is 19.1. The lowest BCUT2D eigenvalue weighted by Gasteiger charge is -2.17. The number of hydrogen-bond donors (Lipinski definition) is 1. The fourth-order valence-corrected chi connectivity index (χ4v) is 5.73. The molecule has 1 saturated heterocycles. The van der Waals surface area contributed by atoms with Crippen molar-refractivity contribution in [2.75, 3.05) is 32.8 Å². The van der Waals surface area contributed by atoms with Crippen LogP contribution in [0.4, 0.5) is 4.39 Å². The van der Waals surface area contributed by atoms with Crippen molar-refractivity contribution < 1.29 is 9.13 Å². The SMILES string of the molecule is Fc1cc(OCCN2CCCC2)cc(-c2cccc3[nH]c(C4=NCCc5cnc(-c6cncnc6)cc54)cc23)c1. The maximum atomic E-state index is 14.7. The number of rotatable bonds is 7. The van der Waals surface area contributed by atoms with Crippen LogP contribution in [0.15, 0.2) is 78.4 Å². The minimum atomic E-state index is -0.308. The third-order valence-electron chi connectivity index (χ3n) is 7.73. The Morgan fingerprint density at radius 2 is 1.80 bits per heavy atom. The van der Waals surface area contributed by atoms with E-state index in [0.29, 0.717) is 18.9 Å². The highest BCUT2D eigenvalue weighted by molar-refractivity contribution is 6.16. The van der Waals surface area contributed by atoms with Crippen molar-refractivity contribution in [2.24, 2.45) is 4.99 Å². The second-order valence-corrected chi connectivity index (χ2v) is 10.4. The zero-order chi connectivity index (χ0) is 26.9.